The Morgan fingerprint density at radius 1 is 1.18 bits per heavy atom. The third-order valence-electron chi connectivity index (χ3n) is 2.57. The van der Waals surface area contributed by atoms with Gasteiger partial charge in [-0.1, -0.05) is 0 Å². The molecule has 1 fully saturated rings. The summed E-state index contributed by atoms with van der Waals surface area (Å²) in [6, 6.07) is 0. The third-order valence-corrected chi connectivity index (χ3v) is 2.57. The highest BCUT2D eigenvalue weighted by Crippen LogP contribution is 2.08. The van der Waals surface area contributed by atoms with Crippen molar-refractivity contribution in [3.63, 3.8) is 0 Å². The minimum Gasteiger partial charge on any atom is -0.459 e. The summed E-state index contributed by atoms with van der Waals surface area (Å²) in [5.74, 6) is -1.96. The second-order valence-corrected chi connectivity index (χ2v) is 3.84. The lowest BCUT2D eigenvalue weighted by molar-refractivity contribution is -0.154. The van der Waals surface area contributed by atoms with Gasteiger partial charge in [-0.05, 0) is 26.2 Å². The maximum absolute atomic E-state index is 11.6. The average Bonchev–Trinajstić information content (AvgIpc) is 2.36. The van der Waals surface area contributed by atoms with Crippen molar-refractivity contribution in [2.75, 3.05) is 26.2 Å². The highest BCUT2D eigenvalue weighted by molar-refractivity contribution is 6.32. The van der Waals surface area contributed by atoms with Crippen LogP contribution in [0.25, 0.3) is 0 Å². The van der Waals surface area contributed by atoms with E-state index in [2.05, 4.69) is 10.1 Å². The molecule has 0 aromatic carbocycles. The Morgan fingerprint density at radius 2 is 1.82 bits per heavy atom. The molecule has 0 bridgehead atoms. The van der Waals surface area contributed by atoms with Crippen LogP contribution in [0.1, 0.15) is 26.2 Å². The number of esters is 1. The quantitative estimate of drug-likeness (QED) is 0.543. The summed E-state index contributed by atoms with van der Waals surface area (Å²) in [5, 5.41) is 2.26. The Bertz CT molecular complexity index is 298. The van der Waals surface area contributed by atoms with Crippen LogP contribution in [0.3, 0.4) is 0 Å². The molecule has 1 heterocycles. The molecule has 0 aromatic rings. The molecule has 2 amide bonds. The van der Waals surface area contributed by atoms with Gasteiger partial charge in [-0.2, -0.15) is 0 Å². The average molecular weight is 242 g/mol. The van der Waals surface area contributed by atoms with E-state index in [1.165, 1.54) is 0 Å². The Kier molecular flexibility index (Phi) is 5.45. The van der Waals surface area contributed by atoms with Crippen LogP contribution < -0.4 is 5.32 Å². The first-order chi connectivity index (χ1) is 8.15. The summed E-state index contributed by atoms with van der Waals surface area (Å²) >= 11 is 0. The van der Waals surface area contributed by atoms with Crippen molar-refractivity contribution in [3.05, 3.63) is 0 Å². The lowest BCUT2D eigenvalue weighted by Gasteiger charge is -2.26. The number of carbonyl (C=O) groups excluding carboxylic acids is 3. The monoisotopic (exact) mass is 242 g/mol. The van der Waals surface area contributed by atoms with E-state index >= 15 is 0 Å². The standard InChI is InChI=1S/C11H18N2O4/c1-2-17-11(16)10(15)12-8-9(14)13-6-4-3-5-7-13/h2-8H2,1H3,(H,12,15). The first-order valence-corrected chi connectivity index (χ1v) is 5.88. The summed E-state index contributed by atoms with van der Waals surface area (Å²) < 4.78 is 4.51. The van der Waals surface area contributed by atoms with Gasteiger partial charge in [-0.15, -0.1) is 0 Å². The fourth-order valence-corrected chi connectivity index (χ4v) is 1.68. The van der Waals surface area contributed by atoms with Gasteiger partial charge in [0, 0.05) is 13.1 Å². The number of nitrogens with zero attached hydrogens (tertiary/aromatic N) is 1. The number of hydrogen-bond acceptors (Lipinski definition) is 4. The summed E-state index contributed by atoms with van der Waals surface area (Å²) in [6.45, 7) is 3.08. The topological polar surface area (TPSA) is 75.7 Å². The molecule has 6 nitrogen and oxygen atoms in total. The molecule has 0 saturated carbocycles. The smallest absolute Gasteiger partial charge is 0.396 e. The summed E-state index contributed by atoms with van der Waals surface area (Å²) in [5.41, 5.74) is 0. The van der Waals surface area contributed by atoms with E-state index in [9.17, 15) is 14.4 Å². The van der Waals surface area contributed by atoms with Gasteiger partial charge in [0.2, 0.25) is 5.91 Å². The van der Waals surface area contributed by atoms with E-state index in [-0.39, 0.29) is 19.1 Å². The molecule has 1 saturated heterocycles. The number of ether oxygens (including phenoxy) is 1. The predicted molar refractivity (Wildman–Crippen MR) is 60.1 cm³/mol. The van der Waals surface area contributed by atoms with Gasteiger partial charge in [0.1, 0.15) is 0 Å². The van der Waals surface area contributed by atoms with Crippen molar-refractivity contribution in [2.24, 2.45) is 0 Å². The summed E-state index contributed by atoms with van der Waals surface area (Å²) in [7, 11) is 0. The van der Waals surface area contributed by atoms with Crippen LogP contribution in [0.5, 0.6) is 0 Å². The zero-order valence-corrected chi connectivity index (χ0v) is 10.0. The van der Waals surface area contributed by atoms with Crippen molar-refractivity contribution in [1.29, 1.82) is 0 Å². The van der Waals surface area contributed by atoms with Gasteiger partial charge in [-0.25, -0.2) is 4.79 Å². The molecule has 0 unspecified atom stereocenters. The molecule has 0 spiro atoms. The molecule has 17 heavy (non-hydrogen) atoms. The van der Waals surface area contributed by atoms with E-state index in [0.29, 0.717) is 0 Å². The van der Waals surface area contributed by atoms with Crippen LogP contribution in [-0.4, -0.2) is 48.9 Å². The molecular weight excluding hydrogens is 224 g/mol. The molecule has 96 valence electrons. The van der Waals surface area contributed by atoms with Gasteiger partial charge in [-0.3, -0.25) is 9.59 Å². The molecule has 1 rings (SSSR count). The predicted octanol–water partition coefficient (Wildman–Crippen LogP) is -0.322. The number of hydrogen-bond donors (Lipinski definition) is 1. The second-order valence-electron chi connectivity index (χ2n) is 3.84. The third kappa shape index (κ3) is 4.42. The van der Waals surface area contributed by atoms with Gasteiger partial charge < -0.3 is 15.0 Å². The van der Waals surface area contributed by atoms with Crippen molar-refractivity contribution >= 4 is 17.8 Å². The highest BCUT2D eigenvalue weighted by Gasteiger charge is 2.19. The molecule has 1 aliphatic rings. The van der Waals surface area contributed by atoms with E-state index in [1.807, 2.05) is 0 Å². The largest absolute Gasteiger partial charge is 0.459 e. The Hall–Kier alpha value is -1.59. The van der Waals surface area contributed by atoms with Crippen molar-refractivity contribution in [1.82, 2.24) is 10.2 Å². The normalized spacial score (nSPS) is 15.2. The first kappa shape index (κ1) is 13.5. The number of piperidine rings is 1. The number of nitrogens with one attached hydrogen (secondary N) is 1. The van der Waals surface area contributed by atoms with Gasteiger partial charge >= 0.3 is 11.9 Å². The van der Waals surface area contributed by atoms with Crippen LogP contribution in [-0.2, 0) is 19.1 Å². The minimum atomic E-state index is -0.945. The van der Waals surface area contributed by atoms with Gasteiger partial charge in [0.05, 0.1) is 13.2 Å². The lowest BCUT2D eigenvalue weighted by Crippen LogP contribution is -2.44. The maximum atomic E-state index is 11.6. The van der Waals surface area contributed by atoms with Crippen LogP contribution in [0.2, 0.25) is 0 Å². The molecule has 0 aromatic heterocycles. The summed E-state index contributed by atoms with van der Waals surface area (Å²) in [6.07, 6.45) is 3.13. The minimum absolute atomic E-state index is 0.141. The first-order valence-electron chi connectivity index (χ1n) is 5.88. The van der Waals surface area contributed by atoms with Crippen LogP contribution in [0, 0.1) is 0 Å². The molecule has 6 heteroatoms. The lowest BCUT2D eigenvalue weighted by atomic mass is 10.1. The Morgan fingerprint density at radius 3 is 2.41 bits per heavy atom. The van der Waals surface area contributed by atoms with Crippen LogP contribution >= 0.6 is 0 Å². The van der Waals surface area contributed by atoms with Crippen molar-refractivity contribution in [3.8, 4) is 0 Å². The van der Waals surface area contributed by atoms with E-state index in [4.69, 9.17) is 0 Å². The van der Waals surface area contributed by atoms with Crippen LogP contribution in [0.15, 0.2) is 0 Å². The number of likely N-dealkylation sites (tertiary alicyclic amines) is 1. The second kappa shape index (κ2) is 6.88. The van der Waals surface area contributed by atoms with Crippen molar-refractivity contribution < 1.29 is 19.1 Å². The van der Waals surface area contributed by atoms with Gasteiger partial charge in [0.15, 0.2) is 0 Å². The highest BCUT2D eigenvalue weighted by atomic mass is 16.5. The van der Waals surface area contributed by atoms with Crippen molar-refractivity contribution in [2.45, 2.75) is 26.2 Å². The summed E-state index contributed by atoms with van der Waals surface area (Å²) in [4.78, 5) is 35.5. The zero-order chi connectivity index (χ0) is 12.7. The maximum Gasteiger partial charge on any atom is 0.396 e. The molecule has 1 aliphatic heterocycles. The Labute approximate surface area is 100 Å². The molecule has 1 N–H and O–H groups in total. The van der Waals surface area contributed by atoms with E-state index in [1.54, 1.807) is 11.8 Å². The fraction of sp³-hybridized carbons (Fsp3) is 0.727. The van der Waals surface area contributed by atoms with Gasteiger partial charge in [0.25, 0.3) is 0 Å². The molecule has 0 aliphatic carbocycles. The van der Waals surface area contributed by atoms with E-state index < -0.39 is 11.9 Å². The number of rotatable bonds is 3. The number of amides is 2. The molecule has 0 atom stereocenters. The zero-order valence-electron chi connectivity index (χ0n) is 10.0. The fourth-order valence-electron chi connectivity index (χ4n) is 1.68. The SMILES string of the molecule is CCOC(=O)C(=O)NCC(=O)N1CCCCC1. The number of carbonyl (C=O) groups is 3. The molecule has 0 radical (unpaired) electrons. The van der Waals surface area contributed by atoms with E-state index in [0.717, 1.165) is 32.4 Å². The Balaban J connectivity index is 2.27. The molecular formula is C11H18N2O4. The van der Waals surface area contributed by atoms with Crippen LogP contribution in [0.4, 0.5) is 0 Å².